The number of carbonyl (C=O) groups is 1. The largest absolute Gasteiger partial charge is 0.381 e. The van der Waals surface area contributed by atoms with Crippen molar-refractivity contribution in [3.8, 4) is 0 Å². The van der Waals surface area contributed by atoms with Gasteiger partial charge in [-0.1, -0.05) is 0 Å². The van der Waals surface area contributed by atoms with E-state index in [0.717, 1.165) is 25.9 Å². The number of halogens is 1. The summed E-state index contributed by atoms with van der Waals surface area (Å²) in [6.45, 7) is 3.26. The first-order chi connectivity index (χ1) is 6.15. The van der Waals surface area contributed by atoms with Gasteiger partial charge < -0.3 is 9.64 Å². The van der Waals surface area contributed by atoms with Crippen LogP contribution in [0.15, 0.2) is 0 Å². The number of carbonyl (C=O) groups excluding carboxylic acids is 1. The van der Waals surface area contributed by atoms with E-state index >= 15 is 0 Å². The van der Waals surface area contributed by atoms with Crippen molar-refractivity contribution in [3.63, 3.8) is 0 Å². The lowest BCUT2D eigenvalue weighted by molar-refractivity contribution is -0.132. The Kier molecular flexibility index (Phi) is 4.00. The van der Waals surface area contributed by atoms with Crippen LogP contribution in [0.1, 0.15) is 19.8 Å². The van der Waals surface area contributed by atoms with Gasteiger partial charge in [-0.15, -0.1) is 11.6 Å². The van der Waals surface area contributed by atoms with Crippen molar-refractivity contribution in [2.45, 2.75) is 31.2 Å². The molecule has 76 valence electrons. The number of alkyl halides is 1. The summed E-state index contributed by atoms with van der Waals surface area (Å²) in [5, 5.41) is -0.404. The van der Waals surface area contributed by atoms with Gasteiger partial charge in [0.1, 0.15) is 5.38 Å². The van der Waals surface area contributed by atoms with Gasteiger partial charge in [0.05, 0.1) is 6.10 Å². The van der Waals surface area contributed by atoms with Crippen LogP contribution in [0.2, 0.25) is 0 Å². The molecule has 0 spiro atoms. The van der Waals surface area contributed by atoms with Crippen LogP contribution in [-0.2, 0) is 9.53 Å². The maximum atomic E-state index is 11.4. The number of hydrogen-bond donors (Lipinski definition) is 0. The fraction of sp³-hybridized carbons (Fsp3) is 0.889. The minimum atomic E-state index is -0.404. The van der Waals surface area contributed by atoms with Gasteiger partial charge in [-0.25, -0.2) is 0 Å². The first-order valence-electron chi connectivity index (χ1n) is 4.60. The minimum absolute atomic E-state index is 0.0382. The van der Waals surface area contributed by atoms with Crippen LogP contribution < -0.4 is 0 Å². The highest BCUT2D eigenvalue weighted by atomic mass is 35.5. The zero-order valence-corrected chi connectivity index (χ0v) is 8.88. The van der Waals surface area contributed by atoms with Crippen molar-refractivity contribution in [1.82, 2.24) is 4.90 Å². The van der Waals surface area contributed by atoms with E-state index in [1.807, 2.05) is 4.90 Å². The molecule has 1 atom stereocenters. The smallest absolute Gasteiger partial charge is 0.240 e. The van der Waals surface area contributed by atoms with Crippen LogP contribution in [-0.4, -0.2) is 42.5 Å². The molecule has 0 aromatic rings. The number of nitrogens with zero attached hydrogens (tertiary/aromatic N) is 1. The van der Waals surface area contributed by atoms with Gasteiger partial charge in [-0.3, -0.25) is 4.79 Å². The second kappa shape index (κ2) is 4.82. The molecule has 0 aromatic carbocycles. The molecule has 13 heavy (non-hydrogen) atoms. The third-order valence-corrected chi connectivity index (χ3v) is 2.61. The molecule has 3 nitrogen and oxygen atoms in total. The molecule has 0 N–H and O–H groups in total. The van der Waals surface area contributed by atoms with Crippen molar-refractivity contribution in [3.05, 3.63) is 0 Å². The molecule has 1 amide bonds. The summed E-state index contributed by atoms with van der Waals surface area (Å²) in [7, 11) is 1.71. The van der Waals surface area contributed by atoms with E-state index in [1.54, 1.807) is 14.0 Å². The molecule has 0 aliphatic carbocycles. The van der Waals surface area contributed by atoms with E-state index in [9.17, 15) is 4.79 Å². The fourth-order valence-corrected chi connectivity index (χ4v) is 1.70. The van der Waals surface area contributed by atoms with E-state index in [1.165, 1.54) is 0 Å². The minimum Gasteiger partial charge on any atom is -0.381 e. The number of ether oxygens (including phenoxy) is 1. The number of hydrogen-bond acceptors (Lipinski definition) is 2. The van der Waals surface area contributed by atoms with Crippen molar-refractivity contribution in [2.75, 3.05) is 20.2 Å². The van der Waals surface area contributed by atoms with Gasteiger partial charge in [0, 0.05) is 20.2 Å². The van der Waals surface area contributed by atoms with E-state index in [4.69, 9.17) is 16.3 Å². The number of rotatable bonds is 2. The molecule has 1 aliphatic rings. The van der Waals surface area contributed by atoms with Gasteiger partial charge in [0.15, 0.2) is 0 Å². The molecular weight excluding hydrogens is 190 g/mol. The second-order valence-electron chi connectivity index (χ2n) is 3.38. The van der Waals surface area contributed by atoms with E-state index in [0.29, 0.717) is 6.10 Å². The molecule has 1 unspecified atom stereocenters. The summed E-state index contributed by atoms with van der Waals surface area (Å²) in [6.07, 6.45) is 2.16. The molecule has 1 saturated heterocycles. The molecule has 0 saturated carbocycles. The number of piperidine rings is 1. The lowest BCUT2D eigenvalue weighted by atomic mass is 10.1. The van der Waals surface area contributed by atoms with Gasteiger partial charge in [0.2, 0.25) is 5.91 Å². The molecule has 1 rings (SSSR count). The highest BCUT2D eigenvalue weighted by Gasteiger charge is 2.24. The van der Waals surface area contributed by atoms with Crippen LogP contribution in [0.25, 0.3) is 0 Å². The lowest BCUT2D eigenvalue weighted by Crippen LogP contribution is -2.43. The molecule has 0 bridgehead atoms. The summed E-state index contributed by atoms with van der Waals surface area (Å²) in [5.74, 6) is 0.0382. The Morgan fingerprint density at radius 2 is 2.08 bits per heavy atom. The molecular formula is C9H16ClNO2. The Morgan fingerprint density at radius 3 is 2.46 bits per heavy atom. The monoisotopic (exact) mass is 205 g/mol. The SMILES string of the molecule is COC1CCN(C(=O)C(C)Cl)CC1. The van der Waals surface area contributed by atoms with Crippen LogP contribution >= 0.6 is 11.6 Å². The van der Waals surface area contributed by atoms with Crippen LogP contribution in [0.3, 0.4) is 0 Å². The second-order valence-corrected chi connectivity index (χ2v) is 4.03. The summed E-state index contributed by atoms with van der Waals surface area (Å²) in [5.41, 5.74) is 0. The highest BCUT2D eigenvalue weighted by Crippen LogP contribution is 2.14. The van der Waals surface area contributed by atoms with E-state index in [-0.39, 0.29) is 5.91 Å². The Hall–Kier alpha value is -0.280. The third-order valence-electron chi connectivity index (χ3n) is 2.43. The van der Waals surface area contributed by atoms with Gasteiger partial charge in [-0.2, -0.15) is 0 Å². The predicted molar refractivity (Wildman–Crippen MR) is 51.9 cm³/mol. The fourth-order valence-electron chi connectivity index (χ4n) is 1.56. The topological polar surface area (TPSA) is 29.5 Å². The van der Waals surface area contributed by atoms with E-state index in [2.05, 4.69) is 0 Å². The number of methoxy groups -OCH3 is 1. The van der Waals surface area contributed by atoms with Crippen molar-refractivity contribution in [1.29, 1.82) is 0 Å². The van der Waals surface area contributed by atoms with Gasteiger partial charge >= 0.3 is 0 Å². The van der Waals surface area contributed by atoms with Crippen molar-refractivity contribution >= 4 is 17.5 Å². The first kappa shape index (κ1) is 10.8. The molecule has 0 aromatic heterocycles. The first-order valence-corrected chi connectivity index (χ1v) is 5.04. The normalized spacial score (nSPS) is 21.6. The van der Waals surface area contributed by atoms with E-state index < -0.39 is 5.38 Å². The lowest BCUT2D eigenvalue weighted by Gasteiger charge is -2.31. The summed E-state index contributed by atoms with van der Waals surface area (Å²) in [6, 6.07) is 0. The quantitative estimate of drug-likeness (QED) is 0.636. The average molecular weight is 206 g/mol. The van der Waals surface area contributed by atoms with Crippen molar-refractivity contribution < 1.29 is 9.53 Å². The highest BCUT2D eigenvalue weighted by molar-refractivity contribution is 6.30. The summed E-state index contributed by atoms with van der Waals surface area (Å²) >= 11 is 5.71. The van der Waals surface area contributed by atoms with Crippen LogP contribution in [0, 0.1) is 0 Å². The Morgan fingerprint density at radius 1 is 1.54 bits per heavy atom. The Balaban J connectivity index is 2.36. The summed E-state index contributed by atoms with van der Waals surface area (Å²) in [4.78, 5) is 13.3. The average Bonchev–Trinajstić information content (AvgIpc) is 2.17. The number of amides is 1. The van der Waals surface area contributed by atoms with Crippen LogP contribution in [0.5, 0.6) is 0 Å². The molecule has 1 fully saturated rings. The number of likely N-dealkylation sites (tertiary alicyclic amines) is 1. The molecule has 1 aliphatic heterocycles. The molecule has 4 heteroatoms. The zero-order chi connectivity index (χ0) is 9.84. The standard InChI is InChI=1S/C9H16ClNO2/c1-7(10)9(12)11-5-3-8(13-2)4-6-11/h7-8H,3-6H2,1-2H3. The molecule has 1 heterocycles. The Bertz CT molecular complexity index is 176. The maximum Gasteiger partial charge on any atom is 0.240 e. The molecule has 0 radical (unpaired) electrons. The summed E-state index contributed by atoms with van der Waals surface area (Å²) < 4.78 is 5.21. The third kappa shape index (κ3) is 2.85. The van der Waals surface area contributed by atoms with Crippen molar-refractivity contribution in [2.24, 2.45) is 0 Å². The van der Waals surface area contributed by atoms with Gasteiger partial charge in [0.25, 0.3) is 0 Å². The Labute approximate surface area is 84.0 Å². The van der Waals surface area contributed by atoms with Gasteiger partial charge in [-0.05, 0) is 19.8 Å². The maximum absolute atomic E-state index is 11.4. The zero-order valence-electron chi connectivity index (χ0n) is 8.12. The predicted octanol–water partition coefficient (Wildman–Crippen LogP) is 1.25. The van der Waals surface area contributed by atoms with Crippen LogP contribution in [0.4, 0.5) is 0 Å².